The maximum atomic E-state index is 9.29. The third-order valence-electron chi connectivity index (χ3n) is 3.35. The molecule has 0 atom stereocenters. The number of rotatable bonds is 3. The van der Waals surface area contributed by atoms with Gasteiger partial charge in [0.2, 0.25) is 0 Å². The van der Waals surface area contributed by atoms with E-state index in [4.69, 9.17) is 0 Å². The number of aromatic nitrogens is 2. The number of likely N-dealkylation sites (tertiary alicyclic amines) is 1. The summed E-state index contributed by atoms with van der Waals surface area (Å²) in [5.74, 6) is 0. The summed E-state index contributed by atoms with van der Waals surface area (Å²) in [6.45, 7) is 5.38. The fraction of sp³-hybridized carbons (Fsp3) is 0.462. The van der Waals surface area contributed by atoms with Gasteiger partial charge in [-0.05, 0) is 13.0 Å². The van der Waals surface area contributed by atoms with Crippen LogP contribution in [0.2, 0.25) is 0 Å². The number of nitrogens with zero attached hydrogens (tertiary/aromatic N) is 3. The largest absolute Gasteiger partial charge is 0.390 e. The van der Waals surface area contributed by atoms with E-state index in [0.29, 0.717) is 0 Å². The van der Waals surface area contributed by atoms with Crippen LogP contribution in [0.1, 0.15) is 12.6 Å². The molecule has 1 saturated heterocycles. The minimum Gasteiger partial charge on any atom is -0.390 e. The van der Waals surface area contributed by atoms with Crippen molar-refractivity contribution in [1.82, 2.24) is 14.7 Å². The van der Waals surface area contributed by atoms with Gasteiger partial charge in [0.05, 0.1) is 17.3 Å². The molecular formula is C13H17N3O. The summed E-state index contributed by atoms with van der Waals surface area (Å²) >= 11 is 0. The highest BCUT2D eigenvalue weighted by molar-refractivity contribution is 5.81. The van der Waals surface area contributed by atoms with Crippen LogP contribution in [0.25, 0.3) is 10.9 Å². The Balaban J connectivity index is 1.93. The highest BCUT2D eigenvalue weighted by Gasteiger charge is 2.25. The molecule has 17 heavy (non-hydrogen) atoms. The summed E-state index contributed by atoms with van der Waals surface area (Å²) in [6, 6.07) is 8.34. The van der Waals surface area contributed by atoms with Gasteiger partial charge < -0.3 is 5.11 Å². The van der Waals surface area contributed by atoms with Crippen LogP contribution in [-0.2, 0) is 13.1 Å². The Kier molecular flexibility index (Phi) is 2.61. The summed E-state index contributed by atoms with van der Waals surface area (Å²) in [5.41, 5.74) is 2.32. The van der Waals surface area contributed by atoms with Gasteiger partial charge in [0, 0.05) is 31.6 Å². The summed E-state index contributed by atoms with van der Waals surface area (Å²) in [5, 5.41) is 15.2. The molecule has 0 bridgehead atoms. The summed E-state index contributed by atoms with van der Waals surface area (Å²) in [7, 11) is 0. The maximum Gasteiger partial charge on any atom is 0.0843 e. The molecule has 3 rings (SSSR count). The van der Waals surface area contributed by atoms with Crippen molar-refractivity contribution in [3.05, 3.63) is 30.0 Å². The number of aryl methyl sites for hydroxylation is 1. The van der Waals surface area contributed by atoms with Gasteiger partial charge >= 0.3 is 0 Å². The van der Waals surface area contributed by atoms with Crippen LogP contribution < -0.4 is 0 Å². The number of para-hydroxylation sites is 1. The molecule has 1 aliphatic heterocycles. The zero-order valence-electron chi connectivity index (χ0n) is 10.0. The van der Waals surface area contributed by atoms with E-state index < -0.39 is 0 Å². The second kappa shape index (κ2) is 4.13. The lowest BCUT2D eigenvalue weighted by Gasteiger charge is -2.35. The van der Waals surface area contributed by atoms with E-state index in [-0.39, 0.29) is 6.10 Å². The van der Waals surface area contributed by atoms with Crippen LogP contribution in [0.3, 0.4) is 0 Å². The van der Waals surface area contributed by atoms with Gasteiger partial charge in [-0.25, -0.2) is 0 Å². The lowest BCUT2D eigenvalue weighted by Crippen LogP contribution is -2.49. The first-order valence-electron chi connectivity index (χ1n) is 6.12. The van der Waals surface area contributed by atoms with Crippen molar-refractivity contribution in [2.45, 2.75) is 26.1 Å². The molecule has 0 saturated carbocycles. The molecule has 0 aliphatic carbocycles. The van der Waals surface area contributed by atoms with Gasteiger partial charge in [0.15, 0.2) is 0 Å². The SMILES string of the molecule is CCn1nc(CN2CC(O)C2)c2ccccc21. The summed E-state index contributed by atoms with van der Waals surface area (Å²) < 4.78 is 2.04. The third kappa shape index (κ3) is 1.83. The van der Waals surface area contributed by atoms with Crippen molar-refractivity contribution in [2.24, 2.45) is 0 Å². The number of fused-ring (bicyclic) bond motifs is 1. The molecular weight excluding hydrogens is 214 g/mol. The lowest BCUT2D eigenvalue weighted by atomic mass is 10.1. The molecule has 0 spiro atoms. The molecule has 1 aromatic carbocycles. The highest BCUT2D eigenvalue weighted by atomic mass is 16.3. The summed E-state index contributed by atoms with van der Waals surface area (Å²) in [6.07, 6.45) is -0.144. The second-order valence-electron chi connectivity index (χ2n) is 4.63. The van der Waals surface area contributed by atoms with Gasteiger partial charge in [-0.15, -0.1) is 0 Å². The Labute approximate surface area is 100 Å². The molecule has 0 unspecified atom stereocenters. The molecule has 1 N–H and O–H groups in total. The topological polar surface area (TPSA) is 41.3 Å². The zero-order valence-corrected chi connectivity index (χ0v) is 10.0. The van der Waals surface area contributed by atoms with Crippen molar-refractivity contribution in [3.63, 3.8) is 0 Å². The first kappa shape index (κ1) is 10.7. The predicted octanol–water partition coefficient (Wildman–Crippen LogP) is 1.23. The van der Waals surface area contributed by atoms with E-state index >= 15 is 0 Å². The molecule has 4 nitrogen and oxygen atoms in total. The van der Waals surface area contributed by atoms with E-state index in [1.54, 1.807) is 0 Å². The molecule has 2 heterocycles. The number of benzene rings is 1. The van der Waals surface area contributed by atoms with Crippen LogP contribution in [0.5, 0.6) is 0 Å². The molecule has 1 aromatic heterocycles. The standard InChI is InChI=1S/C13H17N3O/c1-2-16-13-6-4-3-5-11(13)12(14-16)9-15-7-10(17)8-15/h3-6,10,17H,2,7-9H2,1H3. The van der Waals surface area contributed by atoms with Gasteiger partial charge in [-0.2, -0.15) is 5.10 Å². The van der Waals surface area contributed by atoms with Gasteiger partial charge in [-0.3, -0.25) is 9.58 Å². The fourth-order valence-electron chi connectivity index (χ4n) is 2.44. The van der Waals surface area contributed by atoms with Gasteiger partial charge in [0.25, 0.3) is 0 Å². The number of β-amino-alcohol motifs (C(OH)–C–C–N with tert-alkyl or cyclic N) is 1. The minimum atomic E-state index is -0.144. The molecule has 0 amide bonds. The average Bonchev–Trinajstić information content (AvgIpc) is 2.66. The molecule has 1 fully saturated rings. The van der Waals surface area contributed by atoms with E-state index in [0.717, 1.165) is 31.9 Å². The van der Waals surface area contributed by atoms with Crippen LogP contribution in [0.15, 0.2) is 24.3 Å². The van der Waals surface area contributed by atoms with Crippen LogP contribution in [0.4, 0.5) is 0 Å². The lowest BCUT2D eigenvalue weighted by molar-refractivity contribution is -0.00341. The zero-order chi connectivity index (χ0) is 11.8. The number of hydrogen-bond donors (Lipinski definition) is 1. The maximum absolute atomic E-state index is 9.29. The molecule has 2 aromatic rings. The molecule has 1 aliphatic rings. The van der Waals surface area contributed by atoms with Gasteiger partial charge in [-0.1, -0.05) is 18.2 Å². The highest BCUT2D eigenvalue weighted by Crippen LogP contribution is 2.21. The van der Waals surface area contributed by atoms with Crippen LogP contribution in [-0.4, -0.2) is 39.0 Å². The molecule has 4 heteroatoms. The quantitative estimate of drug-likeness (QED) is 0.864. The number of aliphatic hydroxyl groups is 1. The second-order valence-corrected chi connectivity index (χ2v) is 4.63. The monoisotopic (exact) mass is 231 g/mol. The number of aliphatic hydroxyl groups excluding tert-OH is 1. The van der Waals surface area contributed by atoms with Crippen molar-refractivity contribution in [2.75, 3.05) is 13.1 Å². The van der Waals surface area contributed by atoms with E-state index in [1.807, 2.05) is 10.7 Å². The average molecular weight is 231 g/mol. The van der Waals surface area contributed by atoms with Crippen molar-refractivity contribution in [3.8, 4) is 0 Å². The van der Waals surface area contributed by atoms with E-state index in [2.05, 4.69) is 35.1 Å². The van der Waals surface area contributed by atoms with Crippen molar-refractivity contribution < 1.29 is 5.11 Å². The molecule has 90 valence electrons. The van der Waals surface area contributed by atoms with Gasteiger partial charge in [0.1, 0.15) is 0 Å². The normalized spacial score (nSPS) is 17.5. The number of hydrogen-bond acceptors (Lipinski definition) is 3. The molecule has 0 radical (unpaired) electrons. The Hall–Kier alpha value is -1.39. The Bertz CT molecular complexity index is 528. The predicted molar refractivity (Wildman–Crippen MR) is 66.7 cm³/mol. The van der Waals surface area contributed by atoms with E-state index in [9.17, 15) is 5.11 Å². The van der Waals surface area contributed by atoms with Crippen LogP contribution in [0, 0.1) is 0 Å². The van der Waals surface area contributed by atoms with Crippen molar-refractivity contribution >= 4 is 10.9 Å². The van der Waals surface area contributed by atoms with Crippen molar-refractivity contribution in [1.29, 1.82) is 0 Å². The summed E-state index contributed by atoms with van der Waals surface area (Å²) in [4.78, 5) is 2.22. The fourth-order valence-corrected chi connectivity index (χ4v) is 2.44. The third-order valence-corrected chi connectivity index (χ3v) is 3.35. The minimum absolute atomic E-state index is 0.144. The Morgan fingerprint density at radius 2 is 2.12 bits per heavy atom. The first-order valence-corrected chi connectivity index (χ1v) is 6.12. The Morgan fingerprint density at radius 1 is 1.35 bits per heavy atom. The smallest absolute Gasteiger partial charge is 0.0843 e. The van der Waals surface area contributed by atoms with Crippen LogP contribution >= 0.6 is 0 Å². The Morgan fingerprint density at radius 3 is 2.82 bits per heavy atom. The first-order chi connectivity index (χ1) is 8.28. The van der Waals surface area contributed by atoms with E-state index in [1.165, 1.54) is 10.9 Å².